The Morgan fingerprint density at radius 3 is 2.12 bits per heavy atom. The van der Waals surface area contributed by atoms with Crippen LogP contribution in [0, 0.1) is 6.92 Å². The number of nitrogens with one attached hydrogen (secondary N) is 1. The Morgan fingerprint density at radius 2 is 1.46 bits per heavy atom. The lowest BCUT2D eigenvalue weighted by Crippen LogP contribution is -2.24. The molecule has 0 atom stereocenters. The molecule has 0 aliphatic rings. The van der Waals surface area contributed by atoms with Crippen molar-refractivity contribution in [1.29, 1.82) is 0 Å². The van der Waals surface area contributed by atoms with Crippen LogP contribution in [0.5, 0.6) is 5.75 Å². The summed E-state index contributed by atoms with van der Waals surface area (Å²) in [6.07, 6.45) is 5.44. The first kappa shape index (κ1) is 18.1. The maximum Gasteiger partial charge on any atom is 0.219 e. The number of benzene rings is 2. The Hall–Kier alpha value is -2.29. The van der Waals surface area contributed by atoms with Crippen molar-refractivity contribution >= 4 is 5.91 Å². The fourth-order valence-electron chi connectivity index (χ4n) is 2.64. The van der Waals surface area contributed by atoms with Crippen LogP contribution < -0.4 is 5.32 Å². The van der Waals surface area contributed by atoms with E-state index in [4.69, 9.17) is 0 Å². The standard InChI is InChI=1S/C21H27NO2/c1-17-8-10-18(11-9-17)5-2-3-7-21(24)22-16-4-6-19-12-14-20(23)15-13-19/h8-15,23H,2-7,16H2,1H3,(H,22,24). The fraction of sp³-hybridized carbons (Fsp3) is 0.381. The van der Waals surface area contributed by atoms with Gasteiger partial charge in [0.1, 0.15) is 5.75 Å². The van der Waals surface area contributed by atoms with Crippen molar-refractivity contribution in [2.75, 3.05) is 6.54 Å². The smallest absolute Gasteiger partial charge is 0.219 e. The molecule has 0 saturated carbocycles. The highest BCUT2D eigenvalue weighted by atomic mass is 16.3. The highest BCUT2D eigenvalue weighted by Gasteiger charge is 2.01. The van der Waals surface area contributed by atoms with Crippen LogP contribution in [0.2, 0.25) is 0 Å². The van der Waals surface area contributed by atoms with Gasteiger partial charge in [-0.3, -0.25) is 4.79 Å². The average molecular weight is 325 g/mol. The second-order valence-corrected chi connectivity index (χ2v) is 6.31. The van der Waals surface area contributed by atoms with E-state index in [2.05, 4.69) is 36.5 Å². The first-order chi connectivity index (χ1) is 11.6. The second-order valence-electron chi connectivity index (χ2n) is 6.31. The molecule has 0 fully saturated rings. The summed E-state index contributed by atoms with van der Waals surface area (Å²) < 4.78 is 0. The summed E-state index contributed by atoms with van der Waals surface area (Å²) in [5, 5.41) is 12.2. The summed E-state index contributed by atoms with van der Waals surface area (Å²) in [6, 6.07) is 15.8. The Labute approximate surface area is 144 Å². The number of hydrogen-bond acceptors (Lipinski definition) is 2. The zero-order valence-electron chi connectivity index (χ0n) is 14.4. The normalized spacial score (nSPS) is 10.5. The van der Waals surface area contributed by atoms with Crippen LogP contribution in [0.15, 0.2) is 48.5 Å². The van der Waals surface area contributed by atoms with E-state index in [1.54, 1.807) is 12.1 Å². The van der Waals surface area contributed by atoms with Gasteiger partial charge >= 0.3 is 0 Å². The first-order valence-corrected chi connectivity index (χ1v) is 8.73. The van der Waals surface area contributed by atoms with E-state index in [-0.39, 0.29) is 11.7 Å². The summed E-state index contributed by atoms with van der Waals surface area (Å²) in [6.45, 7) is 2.80. The molecule has 3 heteroatoms. The summed E-state index contributed by atoms with van der Waals surface area (Å²) in [4.78, 5) is 11.8. The molecule has 2 rings (SSSR count). The van der Waals surface area contributed by atoms with Crippen LogP contribution in [0.1, 0.15) is 42.4 Å². The predicted molar refractivity (Wildman–Crippen MR) is 98.2 cm³/mol. The highest BCUT2D eigenvalue weighted by Crippen LogP contribution is 2.11. The Kier molecular flexibility index (Phi) is 7.34. The number of rotatable bonds is 9. The van der Waals surface area contributed by atoms with Crippen molar-refractivity contribution in [3.63, 3.8) is 0 Å². The lowest BCUT2D eigenvalue weighted by Gasteiger charge is -2.06. The minimum absolute atomic E-state index is 0.143. The zero-order chi connectivity index (χ0) is 17.2. The summed E-state index contributed by atoms with van der Waals surface area (Å²) in [5.41, 5.74) is 3.81. The van der Waals surface area contributed by atoms with Gasteiger partial charge < -0.3 is 10.4 Å². The lowest BCUT2D eigenvalue weighted by molar-refractivity contribution is -0.121. The molecule has 24 heavy (non-hydrogen) atoms. The quantitative estimate of drug-likeness (QED) is 0.680. The first-order valence-electron chi connectivity index (χ1n) is 8.73. The number of carbonyl (C=O) groups is 1. The number of aryl methyl sites for hydroxylation is 3. The molecule has 2 aromatic carbocycles. The summed E-state index contributed by atoms with van der Waals surface area (Å²) in [7, 11) is 0. The monoisotopic (exact) mass is 325 g/mol. The van der Waals surface area contributed by atoms with Crippen LogP contribution in [-0.2, 0) is 17.6 Å². The Morgan fingerprint density at radius 1 is 0.875 bits per heavy atom. The molecule has 0 saturated heterocycles. The van der Waals surface area contributed by atoms with E-state index in [1.165, 1.54) is 16.7 Å². The number of carbonyl (C=O) groups excluding carboxylic acids is 1. The summed E-state index contributed by atoms with van der Waals surface area (Å²) >= 11 is 0. The third-order valence-electron chi connectivity index (χ3n) is 4.14. The van der Waals surface area contributed by atoms with Crippen molar-refractivity contribution in [3.8, 4) is 5.75 Å². The molecule has 1 amide bonds. The molecular formula is C21H27NO2. The minimum atomic E-state index is 0.143. The van der Waals surface area contributed by atoms with Crippen LogP contribution >= 0.6 is 0 Å². The minimum Gasteiger partial charge on any atom is -0.508 e. The fourth-order valence-corrected chi connectivity index (χ4v) is 2.64. The van der Waals surface area contributed by atoms with Gasteiger partial charge in [-0.15, -0.1) is 0 Å². The number of phenolic OH excluding ortho intramolecular Hbond substituents is 1. The second kappa shape index (κ2) is 9.76. The topological polar surface area (TPSA) is 49.3 Å². The van der Waals surface area contributed by atoms with E-state index < -0.39 is 0 Å². The number of aromatic hydroxyl groups is 1. The largest absolute Gasteiger partial charge is 0.508 e. The molecule has 0 aliphatic heterocycles. The lowest BCUT2D eigenvalue weighted by atomic mass is 10.1. The molecule has 0 radical (unpaired) electrons. The zero-order valence-corrected chi connectivity index (χ0v) is 14.4. The molecule has 2 aromatic rings. The van der Waals surface area contributed by atoms with E-state index >= 15 is 0 Å². The van der Waals surface area contributed by atoms with Crippen molar-refractivity contribution in [2.24, 2.45) is 0 Å². The number of hydrogen-bond donors (Lipinski definition) is 2. The van der Waals surface area contributed by atoms with Gasteiger partial charge in [-0.05, 0) is 62.3 Å². The summed E-state index contributed by atoms with van der Waals surface area (Å²) in [5.74, 6) is 0.433. The van der Waals surface area contributed by atoms with Gasteiger partial charge in [0.2, 0.25) is 5.91 Å². The maximum atomic E-state index is 11.8. The van der Waals surface area contributed by atoms with E-state index in [0.29, 0.717) is 13.0 Å². The van der Waals surface area contributed by atoms with Crippen LogP contribution in [0.3, 0.4) is 0 Å². The van der Waals surface area contributed by atoms with Crippen LogP contribution in [0.25, 0.3) is 0 Å². The van der Waals surface area contributed by atoms with E-state index in [0.717, 1.165) is 32.1 Å². The van der Waals surface area contributed by atoms with Gasteiger partial charge in [-0.2, -0.15) is 0 Å². The van der Waals surface area contributed by atoms with Crippen LogP contribution in [-0.4, -0.2) is 17.6 Å². The molecule has 128 valence electrons. The Bertz CT molecular complexity index is 562. The van der Waals surface area contributed by atoms with Crippen molar-refractivity contribution < 1.29 is 9.90 Å². The SMILES string of the molecule is Cc1ccc(CCCCC(=O)NCCCc2ccc(O)cc2)cc1. The molecule has 0 spiro atoms. The number of unbranched alkanes of at least 4 members (excludes halogenated alkanes) is 1. The molecule has 0 unspecified atom stereocenters. The molecule has 3 nitrogen and oxygen atoms in total. The van der Waals surface area contributed by atoms with Gasteiger partial charge in [0.25, 0.3) is 0 Å². The van der Waals surface area contributed by atoms with Gasteiger partial charge in [-0.1, -0.05) is 42.0 Å². The van der Waals surface area contributed by atoms with Crippen molar-refractivity contribution in [1.82, 2.24) is 5.32 Å². The van der Waals surface area contributed by atoms with E-state index in [1.807, 2.05) is 12.1 Å². The molecule has 0 aromatic heterocycles. The number of amides is 1. The van der Waals surface area contributed by atoms with Crippen molar-refractivity contribution in [3.05, 3.63) is 65.2 Å². The Balaban J connectivity index is 1.52. The highest BCUT2D eigenvalue weighted by molar-refractivity contribution is 5.75. The molecule has 0 heterocycles. The average Bonchev–Trinajstić information content (AvgIpc) is 2.59. The van der Waals surface area contributed by atoms with Gasteiger partial charge in [0.15, 0.2) is 0 Å². The van der Waals surface area contributed by atoms with Gasteiger partial charge in [-0.25, -0.2) is 0 Å². The van der Waals surface area contributed by atoms with Crippen LogP contribution in [0.4, 0.5) is 0 Å². The number of phenols is 1. The molecular weight excluding hydrogens is 298 g/mol. The molecule has 2 N–H and O–H groups in total. The van der Waals surface area contributed by atoms with Gasteiger partial charge in [0, 0.05) is 13.0 Å². The van der Waals surface area contributed by atoms with Gasteiger partial charge in [0.05, 0.1) is 0 Å². The maximum absolute atomic E-state index is 11.8. The molecule has 0 aliphatic carbocycles. The third kappa shape index (κ3) is 6.86. The third-order valence-corrected chi connectivity index (χ3v) is 4.14. The molecule has 0 bridgehead atoms. The van der Waals surface area contributed by atoms with E-state index in [9.17, 15) is 9.90 Å². The van der Waals surface area contributed by atoms with Crippen molar-refractivity contribution in [2.45, 2.75) is 45.4 Å². The predicted octanol–water partition coefficient (Wildman–Crippen LogP) is 4.16.